The standard InChI is InChI=1S/C24H30N2O10S2/c1-23(2,3)35-21(27)25-17-11-9-15(19(13-17)37(29,30)31)7-8-16-10-12-18(14-20(16)38(32,33)34)26-22(28)36-24(4,5)6/h7-14H,1-6H3,(H,25,27)(H,26,28)(H,29,30,31)(H,32,33,34). The Morgan fingerprint density at radius 2 is 1.00 bits per heavy atom. The van der Waals surface area contributed by atoms with E-state index in [4.69, 9.17) is 9.47 Å². The van der Waals surface area contributed by atoms with Crippen LogP contribution < -0.4 is 10.6 Å². The van der Waals surface area contributed by atoms with E-state index < -0.39 is 53.4 Å². The first-order valence-electron chi connectivity index (χ1n) is 11.1. The molecule has 0 aromatic heterocycles. The summed E-state index contributed by atoms with van der Waals surface area (Å²) in [5, 5.41) is 4.72. The lowest BCUT2D eigenvalue weighted by Gasteiger charge is -2.20. The van der Waals surface area contributed by atoms with E-state index in [0.717, 1.165) is 12.1 Å². The summed E-state index contributed by atoms with van der Waals surface area (Å²) < 4.78 is 77.6. The van der Waals surface area contributed by atoms with Gasteiger partial charge in [-0.05, 0) is 76.9 Å². The van der Waals surface area contributed by atoms with Gasteiger partial charge in [0, 0.05) is 11.4 Å². The molecule has 0 atom stereocenters. The Balaban J connectivity index is 2.43. The highest BCUT2D eigenvalue weighted by atomic mass is 32.2. The third kappa shape index (κ3) is 9.78. The van der Waals surface area contributed by atoms with Crippen LogP contribution in [0.25, 0.3) is 12.2 Å². The van der Waals surface area contributed by atoms with Crippen molar-refractivity contribution in [3.05, 3.63) is 47.5 Å². The van der Waals surface area contributed by atoms with E-state index in [1.165, 1.54) is 36.4 Å². The van der Waals surface area contributed by atoms with Crippen LogP contribution in [-0.2, 0) is 29.7 Å². The molecule has 2 amide bonds. The number of rotatable bonds is 6. The van der Waals surface area contributed by atoms with Gasteiger partial charge in [-0.25, -0.2) is 9.59 Å². The second-order valence-corrected chi connectivity index (χ2v) is 12.8. The summed E-state index contributed by atoms with van der Waals surface area (Å²) in [6.45, 7) is 9.86. The van der Waals surface area contributed by atoms with Crippen LogP contribution in [0.2, 0.25) is 0 Å². The van der Waals surface area contributed by atoms with Gasteiger partial charge in [0.15, 0.2) is 0 Å². The van der Waals surface area contributed by atoms with Gasteiger partial charge < -0.3 is 9.47 Å². The number of carbonyl (C=O) groups is 2. The lowest BCUT2D eigenvalue weighted by Crippen LogP contribution is -2.27. The van der Waals surface area contributed by atoms with E-state index in [9.17, 15) is 35.5 Å². The minimum atomic E-state index is -4.78. The fourth-order valence-electron chi connectivity index (χ4n) is 2.97. The molecule has 0 radical (unpaired) electrons. The summed E-state index contributed by atoms with van der Waals surface area (Å²) >= 11 is 0. The minimum absolute atomic E-state index is 0.0141. The first-order valence-corrected chi connectivity index (χ1v) is 13.9. The first kappa shape index (κ1) is 30.8. The normalized spacial score (nSPS) is 12.7. The highest BCUT2D eigenvalue weighted by Gasteiger charge is 2.21. The highest BCUT2D eigenvalue weighted by Crippen LogP contribution is 2.27. The zero-order valence-corrected chi connectivity index (χ0v) is 23.2. The van der Waals surface area contributed by atoms with Crippen molar-refractivity contribution in [3.63, 3.8) is 0 Å². The maximum absolute atomic E-state index is 12.0. The third-order valence-corrected chi connectivity index (χ3v) is 6.13. The summed E-state index contributed by atoms with van der Waals surface area (Å²) in [7, 11) is -9.55. The van der Waals surface area contributed by atoms with Gasteiger partial charge in [0.25, 0.3) is 20.2 Å². The molecular formula is C24H30N2O10S2. The van der Waals surface area contributed by atoms with E-state index in [0.29, 0.717) is 0 Å². The molecule has 0 aliphatic carbocycles. The lowest BCUT2D eigenvalue weighted by atomic mass is 10.1. The van der Waals surface area contributed by atoms with Crippen LogP contribution in [0.15, 0.2) is 46.2 Å². The number of hydrogen-bond acceptors (Lipinski definition) is 8. The molecule has 0 saturated carbocycles. The second-order valence-electron chi connectivity index (χ2n) is 10.0. The van der Waals surface area contributed by atoms with Crippen molar-refractivity contribution in [2.45, 2.75) is 62.5 Å². The van der Waals surface area contributed by atoms with Crippen molar-refractivity contribution < 1.29 is 45.0 Å². The average Bonchev–Trinajstić information content (AvgIpc) is 2.69. The maximum Gasteiger partial charge on any atom is 0.412 e. The SMILES string of the molecule is CC(C)(C)OC(=O)Nc1ccc(C=Cc2ccc(NC(=O)OC(C)(C)C)cc2S(=O)(=O)O)c(S(=O)(=O)O)c1. The van der Waals surface area contributed by atoms with Crippen molar-refractivity contribution in [2.24, 2.45) is 0 Å². The number of anilines is 2. The number of carbonyl (C=O) groups excluding carboxylic acids is 2. The van der Waals surface area contributed by atoms with Gasteiger partial charge in [0.1, 0.15) is 21.0 Å². The predicted octanol–water partition coefficient (Wildman–Crippen LogP) is 5.04. The van der Waals surface area contributed by atoms with E-state index in [-0.39, 0.29) is 22.5 Å². The van der Waals surface area contributed by atoms with Crippen molar-refractivity contribution in [2.75, 3.05) is 10.6 Å². The molecule has 38 heavy (non-hydrogen) atoms. The highest BCUT2D eigenvalue weighted by molar-refractivity contribution is 7.86. The quantitative estimate of drug-likeness (QED) is 0.271. The molecule has 0 bridgehead atoms. The fourth-order valence-corrected chi connectivity index (χ4v) is 4.39. The fraction of sp³-hybridized carbons (Fsp3) is 0.333. The van der Waals surface area contributed by atoms with Gasteiger partial charge in [-0.1, -0.05) is 24.3 Å². The van der Waals surface area contributed by atoms with Crippen LogP contribution in [-0.4, -0.2) is 49.3 Å². The zero-order valence-electron chi connectivity index (χ0n) is 21.6. The molecule has 4 N–H and O–H groups in total. The molecule has 2 aromatic carbocycles. The number of amides is 2. The maximum atomic E-state index is 12.0. The third-order valence-electron chi connectivity index (χ3n) is 4.32. The Hall–Kier alpha value is -3.46. The van der Waals surface area contributed by atoms with E-state index >= 15 is 0 Å². The van der Waals surface area contributed by atoms with Crippen LogP contribution in [0.5, 0.6) is 0 Å². The van der Waals surface area contributed by atoms with Crippen LogP contribution in [0, 0.1) is 0 Å². The van der Waals surface area contributed by atoms with Gasteiger partial charge >= 0.3 is 12.2 Å². The summed E-state index contributed by atoms with van der Waals surface area (Å²) in [6, 6.07) is 7.20. The molecular weight excluding hydrogens is 540 g/mol. The molecule has 2 rings (SSSR count). The van der Waals surface area contributed by atoms with Gasteiger partial charge in [-0.2, -0.15) is 16.8 Å². The van der Waals surface area contributed by atoms with Gasteiger partial charge in [0.05, 0.1) is 0 Å². The average molecular weight is 571 g/mol. The van der Waals surface area contributed by atoms with Crippen LogP contribution >= 0.6 is 0 Å². The molecule has 0 aliphatic rings. The van der Waals surface area contributed by atoms with Crippen LogP contribution in [0.3, 0.4) is 0 Å². The lowest BCUT2D eigenvalue weighted by molar-refractivity contribution is 0.0624. The molecule has 14 heteroatoms. The number of nitrogens with one attached hydrogen (secondary N) is 2. The molecule has 12 nitrogen and oxygen atoms in total. The van der Waals surface area contributed by atoms with E-state index in [1.54, 1.807) is 41.5 Å². The molecule has 0 heterocycles. The number of hydrogen-bond donors (Lipinski definition) is 4. The number of benzene rings is 2. The number of ether oxygens (including phenoxy) is 2. The molecule has 0 saturated heterocycles. The Kier molecular flexibility index (Phi) is 8.99. The summed E-state index contributed by atoms with van der Waals surface area (Å²) in [5.41, 5.74) is -1.69. The molecule has 208 valence electrons. The predicted molar refractivity (Wildman–Crippen MR) is 141 cm³/mol. The minimum Gasteiger partial charge on any atom is -0.444 e. The van der Waals surface area contributed by atoms with Crippen LogP contribution in [0.4, 0.5) is 21.0 Å². The molecule has 0 unspecified atom stereocenters. The Bertz CT molecular complexity index is 1350. The summed E-state index contributed by atoms with van der Waals surface area (Å²) in [5.74, 6) is 0. The van der Waals surface area contributed by atoms with Gasteiger partial charge in [-0.3, -0.25) is 19.7 Å². The topological polar surface area (TPSA) is 185 Å². The summed E-state index contributed by atoms with van der Waals surface area (Å²) in [6.07, 6.45) is 0.677. The van der Waals surface area contributed by atoms with Crippen molar-refractivity contribution in [3.8, 4) is 0 Å². The molecule has 0 aliphatic heterocycles. The second kappa shape index (κ2) is 11.1. The van der Waals surface area contributed by atoms with Crippen molar-refractivity contribution >= 4 is 55.9 Å². The Morgan fingerprint density at radius 3 is 1.26 bits per heavy atom. The smallest absolute Gasteiger partial charge is 0.412 e. The van der Waals surface area contributed by atoms with Gasteiger partial charge in [-0.15, -0.1) is 0 Å². The first-order chi connectivity index (χ1) is 17.1. The molecule has 2 aromatic rings. The Labute approximate surface area is 221 Å². The monoisotopic (exact) mass is 570 g/mol. The van der Waals surface area contributed by atoms with Crippen molar-refractivity contribution in [1.29, 1.82) is 0 Å². The van der Waals surface area contributed by atoms with E-state index in [2.05, 4.69) is 10.6 Å². The zero-order chi connectivity index (χ0) is 29.1. The van der Waals surface area contributed by atoms with E-state index in [1.807, 2.05) is 0 Å². The molecule has 0 spiro atoms. The Morgan fingerprint density at radius 1 is 0.684 bits per heavy atom. The largest absolute Gasteiger partial charge is 0.444 e. The van der Waals surface area contributed by atoms with Crippen molar-refractivity contribution in [1.82, 2.24) is 0 Å². The molecule has 0 fully saturated rings. The van der Waals surface area contributed by atoms with Crippen LogP contribution in [0.1, 0.15) is 52.7 Å². The van der Waals surface area contributed by atoms with Gasteiger partial charge in [0.2, 0.25) is 0 Å². The summed E-state index contributed by atoms with van der Waals surface area (Å²) in [4.78, 5) is 22.8.